The Bertz CT molecular complexity index is 1180. The molecule has 1 aliphatic rings. The predicted molar refractivity (Wildman–Crippen MR) is 124 cm³/mol. The van der Waals surface area contributed by atoms with Gasteiger partial charge in [0, 0.05) is 26.2 Å². The van der Waals surface area contributed by atoms with Crippen LogP contribution >= 0.6 is 11.5 Å². The number of rotatable bonds is 7. The summed E-state index contributed by atoms with van der Waals surface area (Å²) in [6.45, 7) is 3.59. The Balaban J connectivity index is 1.39. The van der Waals surface area contributed by atoms with E-state index >= 15 is 0 Å². The largest absolute Gasteiger partial charge is 0.434 e. The van der Waals surface area contributed by atoms with E-state index in [1.165, 1.54) is 0 Å². The number of alkyl halides is 5. The molecule has 0 aliphatic carbocycles. The van der Waals surface area contributed by atoms with Crippen molar-refractivity contribution < 1.29 is 26.7 Å². The van der Waals surface area contributed by atoms with Crippen molar-refractivity contribution in [2.45, 2.75) is 19.5 Å². The maximum Gasteiger partial charge on any atom is 0.434 e. The first-order valence-electron chi connectivity index (χ1n) is 10.8. The number of nitrogens with zero attached hydrogens (tertiary/aromatic N) is 6. The number of aromatic nitrogens is 4. The van der Waals surface area contributed by atoms with E-state index in [1.807, 2.05) is 4.90 Å². The van der Waals surface area contributed by atoms with Crippen LogP contribution in [-0.4, -0.2) is 69.3 Å². The molecular weight excluding hydrogens is 507 g/mol. The van der Waals surface area contributed by atoms with E-state index in [-0.39, 0.29) is 28.7 Å². The lowest BCUT2D eigenvalue weighted by molar-refractivity contribution is -0.141. The molecule has 3 aromatic rings. The van der Waals surface area contributed by atoms with Crippen molar-refractivity contribution >= 4 is 39.8 Å². The van der Waals surface area contributed by atoms with Crippen molar-refractivity contribution in [3.8, 4) is 0 Å². The van der Waals surface area contributed by atoms with Crippen LogP contribution in [0.15, 0.2) is 30.7 Å². The Kier molecular flexibility index (Phi) is 7.59. The third kappa shape index (κ3) is 6.20. The molecule has 9 nitrogen and oxygen atoms in total. The van der Waals surface area contributed by atoms with Gasteiger partial charge in [0.1, 0.15) is 16.6 Å². The molecule has 0 unspecified atom stereocenters. The molecule has 1 aliphatic heterocycles. The number of pyridine rings is 1. The highest BCUT2D eigenvalue weighted by Gasteiger charge is 2.33. The first-order valence-corrected chi connectivity index (χ1v) is 11.5. The fourth-order valence-corrected chi connectivity index (χ4v) is 4.39. The summed E-state index contributed by atoms with van der Waals surface area (Å²) in [5.74, 6) is -0.202. The van der Waals surface area contributed by atoms with Gasteiger partial charge in [0.15, 0.2) is 5.69 Å². The van der Waals surface area contributed by atoms with Crippen LogP contribution in [0.3, 0.4) is 0 Å². The van der Waals surface area contributed by atoms with Gasteiger partial charge in [-0.1, -0.05) is 0 Å². The van der Waals surface area contributed by atoms with Gasteiger partial charge < -0.3 is 15.5 Å². The van der Waals surface area contributed by atoms with Gasteiger partial charge in [-0.15, -0.1) is 0 Å². The molecule has 0 spiro atoms. The molecule has 15 heteroatoms. The van der Waals surface area contributed by atoms with E-state index in [0.717, 1.165) is 23.4 Å². The number of halogens is 5. The average Bonchev–Trinajstić information content (AvgIpc) is 3.19. The minimum absolute atomic E-state index is 0.0248. The van der Waals surface area contributed by atoms with E-state index in [0.29, 0.717) is 38.1 Å². The Morgan fingerprint density at radius 1 is 1.06 bits per heavy atom. The summed E-state index contributed by atoms with van der Waals surface area (Å²) in [5.41, 5.74) is 0.290. The van der Waals surface area contributed by atoms with Gasteiger partial charge in [0.25, 0.3) is 12.3 Å². The Morgan fingerprint density at radius 2 is 1.78 bits per heavy atom. The zero-order chi connectivity index (χ0) is 25.9. The van der Waals surface area contributed by atoms with Crippen LogP contribution in [0.1, 0.15) is 21.7 Å². The number of aryl methyl sites for hydroxylation is 1. The normalized spacial score (nSPS) is 14.8. The van der Waals surface area contributed by atoms with Gasteiger partial charge in [-0.3, -0.25) is 9.69 Å². The molecule has 0 bridgehead atoms. The second-order valence-electron chi connectivity index (χ2n) is 7.92. The van der Waals surface area contributed by atoms with E-state index in [1.54, 1.807) is 30.2 Å². The van der Waals surface area contributed by atoms with Crippen molar-refractivity contribution in [1.82, 2.24) is 24.2 Å². The monoisotopic (exact) mass is 528 g/mol. The first kappa shape index (κ1) is 25.6. The summed E-state index contributed by atoms with van der Waals surface area (Å²) in [6.07, 6.45) is -3.86. The predicted octanol–water partition coefficient (Wildman–Crippen LogP) is 4.04. The fraction of sp³-hybridized carbons (Fsp3) is 0.381. The molecule has 0 atom stereocenters. The zero-order valence-corrected chi connectivity index (χ0v) is 19.7. The van der Waals surface area contributed by atoms with Crippen molar-refractivity contribution in [2.75, 3.05) is 48.3 Å². The minimum Gasteiger partial charge on any atom is -0.368 e. The quantitative estimate of drug-likeness (QED) is 0.444. The van der Waals surface area contributed by atoms with Gasteiger partial charge in [-0.25, -0.2) is 23.7 Å². The average molecular weight is 529 g/mol. The molecular formula is C21H21F5N8OS. The summed E-state index contributed by atoms with van der Waals surface area (Å²) < 4.78 is 67.3. The molecule has 1 saturated heterocycles. The van der Waals surface area contributed by atoms with Gasteiger partial charge in [0.2, 0.25) is 0 Å². The lowest BCUT2D eigenvalue weighted by atomic mass is 10.2. The summed E-state index contributed by atoms with van der Waals surface area (Å²) in [4.78, 5) is 28.0. The van der Waals surface area contributed by atoms with Crippen molar-refractivity contribution in [3.05, 3.63) is 47.7 Å². The zero-order valence-electron chi connectivity index (χ0n) is 18.9. The second kappa shape index (κ2) is 10.7. The molecule has 192 valence electrons. The Labute approximate surface area is 206 Å². The second-order valence-corrected chi connectivity index (χ2v) is 8.69. The Hall–Kier alpha value is -3.46. The molecule has 1 amide bonds. The number of anilines is 4. The first-order chi connectivity index (χ1) is 17.1. The summed E-state index contributed by atoms with van der Waals surface area (Å²) in [5, 5.41) is 5.75. The molecule has 4 rings (SSSR count). The van der Waals surface area contributed by atoms with Gasteiger partial charge in [-0.2, -0.15) is 17.5 Å². The molecule has 0 aromatic carbocycles. The number of piperazine rings is 1. The topological polar surface area (TPSA) is 99.2 Å². The fourth-order valence-electron chi connectivity index (χ4n) is 3.59. The number of hydrogen-bond donors (Lipinski definition) is 2. The summed E-state index contributed by atoms with van der Waals surface area (Å²) in [6, 6.07) is 3.41. The third-order valence-corrected chi connectivity index (χ3v) is 6.25. The Morgan fingerprint density at radius 3 is 2.36 bits per heavy atom. The van der Waals surface area contributed by atoms with Crippen molar-refractivity contribution in [2.24, 2.45) is 0 Å². The third-order valence-electron chi connectivity index (χ3n) is 5.40. The number of carbonyl (C=O) groups excluding carboxylic acids is 1. The summed E-state index contributed by atoms with van der Waals surface area (Å²) >= 11 is 0.955. The lowest BCUT2D eigenvalue weighted by Crippen LogP contribution is -2.47. The van der Waals surface area contributed by atoms with Crippen LogP contribution in [0.4, 0.5) is 44.3 Å². The number of hydrogen-bond acceptors (Lipinski definition) is 9. The molecule has 4 heterocycles. The van der Waals surface area contributed by atoms with Gasteiger partial charge >= 0.3 is 6.18 Å². The van der Waals surface area contributed by atoms with Crippen LogP contribution < -0.4 is 15.5 Å². The molecule has 36 heavy (non-hydrogen) atoms. The van der Waals surface area contributed by atoms with Crippen LogP contribution in [0.2, 0.25) is 0 Å². The molecule has 1 fully saturated rings. The highest BCUT2D eigenvalue weighted by molar-refractivity contribution is 7.10. The van der Waals surface area contributed by atoms with E-state index in [2.05, 4.69) is 30.0 Å². The van der Waals surface area contributed by atoms with Crippen LogP contribution in [0, 0.1) is 6.92 Å². The van der Waals surface area contributed by atoms with Crippen LogP contribution in [-0.2, 0) is 6.18 Å². The maximum absolute atomic E-state index is 12.9. The molecule has 2 N–H and O–H groups in total. The SMILES string of the molecule is Cc1nsc(Nc2cnc(C(F)(F)F)cn2)c1C(=O)Nc1ccc(N2CCN(CC(F)F)CC2)cn1. The van der Waals surface area contributed by atoms with Gasteiger partial charge in [-0.05, 0) is 30.6 Å². The van der Waals surface area contributed by atoms with Crippen LogP contribution in [0.25, 0.3) is 0 Å². The van der Waals surface area contributed by atoms with Crippen molar-refractivity contribution in [3.63, 3.8) is 0 Å². The van der Waals surface area contributed by atoms with E-state index in [4.69, 9.17) is 0 Å². The lowest BCUT2D eigenvalue weighted by Gasteiger charge is -2.35. The van der Waals surface area contributed by atoms with Crippen molar-refractivity contribution in [1.29, 1.82) is 0 Å². The van der Waals surface area contributed by atoms with E-state index in [9.17, 15) is 26.7 Å². The minimum atomic E-state index is -4.61. The number of carbonyl (C=O) groups is 1. The van der Waals surface area contributed by atoms with Gasteiger partial charge in [0.05, 0.1) is 42.1 Å². The molecule has 0 radical (unpaired) electrons. The van der Waals surface area contributed by atoms with Crippen LogP contribution in [0.5, 0.6) is 0 Å². The number of nitrogens with one attached hydrogen (secondary N) is 2. The molecule has 0 saturated carbocycles. The van der Waals surface area contributed by atoms with E-state index < -0.39 is 24.2 Å². The number of amides is 1. The highest BCUT2D eigenvalue weighted by atomic mass is 32.1. The summed E-state index contributed by atoms with van der Waals surface area (Å²) in [7, 11) is 0. The standard InChI is InChI=1S/C21H21F5N8OS/c1-12-18(20(36-32-12)31-17-10-27-14(9-29-17)21(24,25)26)19(35)30-16-3-2-13(8-28-16)34-6-4-33(5-7-34)11-15(22)23/h2-3,8-10,15H,4-7,11H2,1H3,(H,29,31)(H,28,30,35). The maximum atomic E-state index is 12.9. The highest BCUT2D eigenvalue weighted by Crippen LogP contribution is 2.30. The molecule has 3 aromatic heterocycles. The smallest absolute Gasteiger partial charge is 0.368 e.